The molecule has 84 valence electrons. The zero-order valence-corrected chi connectivity index (χ0v) is 9.02. The molecular formula is C11H11NO4. The number of carbonyl (C=O) groups excluding carboxylic acids is 1. The predicted octanol–water partition coefficient (Wildman–Crippen LogP) is 2.34. The number of ketones is 1. The summed E-state index contributed by atoms with van der Waals surface area (Å²) in [4.78, 5) is 22.1. The molecule has 5 heteroatoms. The van der Waals surface area contributed by atoms with E-state index < -0.39 is 10.5 Å². The van der Waals surface area contributed by atoms with Crippen LogP contribution in [0.15, 0.2) is 18.2 Å². The van der Waals surface area contributed by atoms with Crippen molar-refractivity contribution in [3.8, 4) is 5.75 Å². The third kappa shape index (κ3) is 1.64. The summed E-state index contributed by atoms with van der Waals surface area (Å²) in [7, 11) is 0. The van der Waals surface area contributed by atoms with Gasteiger partial charge < -0.3 is 4.74 Å². The Bertz CT molecular complexity index is 479. The molecule has 1 aromatic rings. The van der Waals surface area contributed by atoms with Crippen LogP contribution >= 0.6 is 0 Å². The van der Waals surface area contributed by atoms with Gasteiger partial charge in [-0.3, -0.25) is 14.9 Å². The van der Waals surface area contributed by atoms with Gasteiger partial charge in [-0.25, -0.2) is 0 Å². The van der Waals surface area contributed by atoms with Crippen LogP contribution in [0.5, 0.6) is 5.75 Å². The Morgan fingerprint density at radius 1 is 1.44 bits per heavy atom. The Balaban J connectivity index is 2.60. The SMILES string of the molecule is CC1(C)CC(=O)c2c(cccc2[N+](=O)[O-])O1. The Morgan fingerprint density at radius 3 is 2.75 bits per heavy atom. The summed E-state index contributed by atoms with van der Waals surface area (Å²) in [6.45, 7) is 3.57. The lowest BCUT2D eigenvalue weighted by molar-refractivity contribution is -0.385. The number of nitro benzene ring substituents is 1. The molecule has 0 radical (unpaired) electrons. The summed E-state index contributed by atoms with van der Waals surface area (Å²) < 4.78 is 5.56. The zero-order valence-electron chi connectivity index (χ0n) is 9.02. The highest BCUT2D eigenvalue weighted by Crippen LogP contribution is 2.37. The fourth-order valence-electron chi connectivity index (χ4n) is 1.85. The second kappa shape index (κ2) is 3.30. The average Bonchev–Trinajstić information content (AvgIpc) is 2.14. The van der Waals surface area contributed by atoms with E-state index in [-0.39, 0.29) is 23.5 Å². The topological polar surface area (TPSA) is 69.4 Å². The molecule has 0 unspecified atom stereocenters. The van der Waals surface area contributed by atoms with Crippen molar-refractivity contribution < 1.29 is 14.5 Å². The van der Waals surface area contributed by atoms with Crippen molar-refractivity contribution >= 4 is 11.5 Å². The van der Waals surface area contributed by atoms with E-state index in [0.29, 0.717) is 5.75 Å². The highest BCUT2D eigenvalue weighted by molar-refractivity contribution is 6.03. The molecule has 1 aliphatic rings. The Kier molecular flexibility index (Phi) is 2.18. The quantitative estimate of drug-likeness (QED) is 0.539. The standard InChI is InChI=1S/C11H11NO4/c1-11(2)6-8(13)10-7(12(14)15)4-3-5-9(10)16-11/h3-5H,6H2,1-2H3. The first-order valence-corrected chi connectivity index (χ1v) is 4.90. The van der Waals surface area contributed by atoms with Gasteiger partial charge in [0.2, 0.25) is 0 Å². The van der Waals surface area contributed by atoms with Crippen LogP contribution in [0.1, 0.15) is 30.6 Å². The summed E-state index contributed by atoms with van der Waals surface area (Å²) in [6.07, 6.45) is 0.158. The Labute approximate surface area is 92.2 Å². The Hall–Kier alpha value is -1.91. The van der Waals surface area contributed by atoms with E-state index in [1.807, 2.05) is 0 Å². The molecular weight excluding hydrogens is 210 g/mol. The first kappa shape index (κ1) is 10.6. The number of Topliss-reactive ketones (excluding diaryl/α,β-unsaturated/α-hetero) is 1. The van der Waals surface area contributed by atoms with Crippen molar-refractivity contribution in [1.82, 2.24) is 0 Å². The molecule has 0 saturated carbocycles. The maximum absolute atomic E-state index is 11.8. The molecule has 0 N–H and O–H groups in total. The number of nitrogens with zero attached hydrogens (tertiary/aromatic N) is 1. The zero-order chi connectivity index (χ0) is 11.9. The van der Waals surface area contributed by atoms with Gasteiger partial charge in [0.25, 0.3) is 5.69 Å². The number of fused-ring (bicyclic) bond motifs is 1. The van der Waals surface area contributed by atoms with E-state index in [2.05, 4.69) is 0 Å². The molecule has 1 heterocycles. The number of ether oxygens (including phenoxy) is 1. The van der Waals surface area contributed by atoms with Crippen molar-refractivity contribution in [3.05, 3.63) is 33.9 Å². The summed E-state index contributed by atoms with van der Waals surface area (Å²) in [6, 6.07) is 4.42. The summed E-state index contributed by atoms with van der Waals surface area (Å²) in [5.41, 5.74) is -0.691. The highest BCUT2D eigenvalue weighted by Gasteiger charge is 2.36. The molecule has 0 spiro atoms. The van der Waals surface area contributed by atoms with Crippen LogP contribution in [0.25, 0.3) is 0 Å². The molecule has 0 fully saturated rings. The van der Waals surface area contributed by atoms with E-state index in [4.69, 9.17) is 4.74 Å². The minimum Gasteiger partial charge on any atom is -0.486 e. The number of hydrogen-bond acceptors (Lipinski definition) is 4. The van der Waals surface area contributed by atoms with Gasteiger partial charge in [0, 0.05) is 6.07 Å². The van der Waals surface area contributed by atoms with Crippen LogP contribution < -0.4 is 4.74 Å². The second-order valence-corrected chi connectivity index (χ2v) is 4.37. The van der Waals surface area contributed by atoms with Crippen molar-refractivity contribution in [2.24, 2.45) is 0 Å². The van der Waals surface area contributed by atoms with Gasteiger partial charge in [-0.15, -0.1) is 0 Å². The van der Waals surface area contributed by atoms with Gasteiger partial charge in [0.05, 0.1) is 11.3 Å². The lowest BCUT2D eigenvalue weighted by Crippen LogP contribution is -2.36. The lowest BCUT2D eigenvalue weighted by atomic mass is 9.92. The van der Waals surface area contributed by atoms with Crippen LogP contribution in [0.2, 0.25) is 0 Å². The molecule has 0 saturated heterocycles. The van der Waals surface area contributed by atoms with Crippen molar-refractivity contribution in [3.63, 3.8) is 0 Å². The summed E-state index contributed by atoms with van der Waals surface area (Å²) >= 11 is 0. The molecule has 0 amide bonds. The van der Waals surface area contributed by atoms with Crippen LogP contribution in [0.3, 0.4) is 0 Å². The normalized spacial score (nSPS) is 17.5. The number of benzene rings is 1. The smallest absolute Gasteiger partial charge is 0.283 e. The highest BCUT2D eigenvalue weighted by atomic mass is 16.6. The summed E-state index contributed by atoms with van der Waals surface area (Å²) in [5, 5.41) is 10.8. The van der Waals surface area contributed by atoms with Crippen molar-refractivity contribution in [2.45, 2.75) is 25.9 Å². The monoisotopic (exact) mass is 221 g/mol. The largest absolute Gasteiger partial charge is 0.486 e. The van der Waals surface area contributed by atoms with Crippen LogP contribution in [-0.2, 0) is 0 Å². The maximum atomic E-state index is 11.8. The maximum Gasteiger partial charge on any atom is 0.283 e. The first-order chi connectivity index (χ1) is 7.41. The van der Waals surface area contributed by atoms with Gasteiger partial charge in [0.1, 0.15) is 16.9 Å². The van der Waals surface area contributed by atoms with Gasteiger partial charge >= 0.3 is 0 Å². The second-order valence-electron chi connectivity index (χ2n) is 4.37. The number of rotatable bonds is 1. The fourth-order valence-corrected chi connectivity index (χ4v) is 1.85. The molecule has 0 atom stereocenters. The molecule has 2 rings (SSSR count). The Morgan fingerprint density at radius 2 is 2.12 bits per heavy atom. The van der Waals surface area contributed by atoms with Crippen molar-refractivity contribution in [1.29, 1.82) is 0 Å². The van der Waals surface area contributed by atoms with Crippen LogP contribution in [0.4, 0.5) is 5.69 Å². The first-order valence-electron chi connectivity index (χ1n) is 4.90. The van der Waals surface area contributed by atoms with Crippen molar-refractivity contribution in [2.75, 3.05) is 0 Å². The molecule has 0 bridgehead atoms. The molecule has 0 aromatic heterocycles. The minimum atomic E-state index is -0.598. The number of nitro groups is 1. The van der Waals surface area contributed by atoms with Gasteiger partial charge in [-0.2, -0.15) is 0 Å². The molecule has 16 heavy (non-hydrogen) atoms. The van der Waals surface area contributed by atoms with E-state index in [9.17, 15) is 14.9 Å². The van der Waals surface area contributed by atoms with E-state index in [0.717, 1.165) is 0 Å². The van der Waals surface area contributed by atoms with Gasteiger partial charge in [-0.1, -0.05) is 6.07 Å². The lowest BCUT2D eigenvalue weighted by Gasteiger charge is -2.31. The number of carbonyl (C=O) groups is 1. The van der Waals surface area contributed by atoms with Gasteiger partial charge in [0.15, 0.2) is 5.78 Å². The van der Waals surface area contributed by atoms with Crippen LogP contribution in [0, 0.1) is 10.1 Å². The fraction of sp³-hybridized carbons (Fsp3) is 0.364. The average molecular weight is 221 g/mol. The van der Waals surface area contributed by atoms with E-state index in [1.54, 1.807) is 19.9 Å². The molecule has 5 nitrogen and oxygen atoms in total. The van der Waals surface area contributed by atoms with Crippen LogP contribution in [-0.4, -0.2) is 16.3 Å². The third-order valence-corrected chi connectivity index (χ3v) is 2.45. The number of hydrogen-bond donors (Lipinski definition) is 0. The molecule has 0 aliphatic carbocycles. The van der Waals surface area contributed by atoms with E-state index >= 15 is 0 Å². The minimum absolute atomic E-state index is 0.0897. The molecule has 1 aliphatic heterocycles. The van der Waals surface area contributed by atoms with E-state index in [1.165, 1.54) is 12.1 Å². The molecule has 1 aromatic carbocycles. The predicted molar refractivity (Wildman–Crippen MR) is 56.8 cm³/mol. The van der Waals surface area contributed by atoms with Gasteiger partial charge in [-0.05, 0) is 19.9 Å². The summed E-state index contributed by atoms with van der Waals surface area (Å²) in [5.74, 6) is 0.0639. The third-order valence-electron chi connectivity index (χ3n) is 2.45.